The average Bonchev–Trinajstić information content (AvgIpc) is 3.61. The summed E-state index contributed by atoms with van der Waals surface area (Å²) in [6.07, 6.45) is 7.60. The summed E-state index contributed by atoms with van der Waals surface area (Å²) >= 11 is 0. The van der Waals surface area contributed by atoms with E-state index in [4.69, 9.17) is 6.42 Å². The fourth-order valence-electron chi connectivity index (χ4n) is 5.19. The molecule has 8 heteroatoms. The lowest BCUT2D eigenvalue weighted by Gasteiger charge is -2.19. The summed E-state index contributed by atoms with van der Waals surface area (Å²) in [6.45, 7) is 4.06. The Labute approximate surface area is 213 Å². The first-order valence-electron chi connectivity index (χ1n) is 12.0. The van der Waals surface area contributed by atoms with Crippen LogP contribution in [0.2, 0.25) is 0 Å². The minimum absolute atomic E-state index is 0.0551. The van der Waals surface area contributed by atoms with Gasteiger partial charge < -0.3 is 13.7 Å². The maximum Gasteiger partial charge on any atom is 0.488 e. The van der Waals surface area contributed by atoms with Crippen LogP contribution in [0.25, 0.3) is 44.0 Å². The molecule has 0 spiro atoms. The van der Waals surface area contributed by atoms with Crippen LogP contribution in [-0.4, -0.2) is 18.0 Å². The molecule has 0 unspecified atom stereocenters. The van der Waals surface area contributed by atoms with E-state index >= 15 is 0 Å². The number of halogens is 1. The van der Waals surface area contributed by atoms with Gasteiger partial charge in [-0.3, -0.25) is 4.79 Å². The van der Waals surface area contributed by atoms with Crippen molar-refractivity contribution in [3.63, 3.8) is 0 Å². The second kappa shape index (κ2) is 8.22. The number of nitrogens with zero attached hydrogens (tertiary/aromatic N) is 1. The Kier molecular flexibility index (Phi) is 5.18. The molecule has 1 aliphatic rings. The quantitative estimate of drug-likeness (QED) is 0.219. The molecule has 6 rings (SSSR count). The van der Waals surface area contributed by atoms with Crippen molar-refractivity contribution in [1.29, 1.82) is 0 Å². The van der Waals surface area contributed by atoms with Gasteiger partial charge in [0.2, 0.25) is 0 Å². The Morgan fingerprint density at radius 2 is 1.89 bits per heavy atom. The monoisotopic (exact) mass is 514 g/mol. The van der Waals surface area contributed by atoms with Gasteiger partial charge >= 0.3 is 10.5 Å². The van der Waals surface area contributed by atoms with Crippen LogP contribution in [0.1, 0.15) is 49.8 Å². The van der Waals surface area contributed by atoms with Gasteiger partial charge in [0.1, 0.15) is 11.4 Å². The van der Waals surface area contributed by atoms with Crippen molar-refractivity contribution >= 4 is 43.3 Å². The van der Waals surface area contributed by atoms with E-state index in [0.29, 0.717) is 16.3 Å². The molecule has 0 radical (unpaired) electrons. The van der Waals surface area contributed by atoms with Gasteiger partial charge in [0.15, 0.2) is 5.43 Å². The highest BCUT2D eigenvalue weighted by Crippen LogP contribution is 2.42. The van der Waals surface area contributed by atoms with Crippen LogP contribution < -0.4 is 9.61 Å². The molecular weight excluding hydrogens is 491 g/mol. The highest BCUT2D eigenvalue weighted by atomic mass is 32.3. The zero-order valence-electron chi connectivity index (χ0n) is 20.2. The molecule has 0 atom stereocenters. The average molecular weight is 515 g/mol. The number of benzene rings is 3. The molecule has 186 valence electrons. The Hall–Kier alpha value is -4.09. The van der Waals surface area contributed by atoms with Crippen molar-refractivity contribution < 1.29 is 16.5 Å². The Morgan fingerprint density at radius 1 is 1.11 bits per heavy atom. The number of nitrogens with one attached hydrogen (secondary N) is 1. The highest BCUT2D eigenvalue weighted by molar-refractivity contribution is 7.81. The summed E-state index contributed by atoms with van der Waals surface area (Å²) in [7, 11) is -5.16. The predicted octanol–water partition coefficient (Wildman–Crippen LogP) is 6.34. The molecule has 6 nitrogen and oxygen atoms in total. The molecule has 0 aliphatic heterocycles. The normalized spacial score (nSPS) is 14.0. The van der Waals surface area contributed by atoms with Gasteiger partial charge in [-0.15, -0.1) is 6.42 Å². The summed E-state index contributed by atoms with van der Waals surface area (Å²) in [6, 6.07) is 16.1. The number of aromatic nitrogens is 2. The van der Waals surface area contributed by atoms with Crippen molar-refractivity contribution in [1.82, 2.24) is 9.55 Å². The second-order valence-corrected chi connectivity index (χ2v) is 10.8. The highest BCUT2D eigenvalue weighted by Gasteiger charge is 2.29. The molecule has 0 bridgehead atoms. The molecule has 1 fully saturated rings. The standard InChI is InChI=1S/C29H23FN2O4S/c1-4-17-8-11-21-25(12-17)31-29-27(21)28(33)24-14-22(16(2)3)23(15-26(24)32(29)19-9-10-19)18-6-5-7-20(13-18)36-37(30,34)35/h1,5-8,11-16,19,31H,9-10H2,2-3H3. The second-order valence-electron chi connectivity index (χ2n) is 9.80. The van der Waals surface area contributed by atoms with Gasteiger partial charge in [-0.05, 0) is 71.8 Å². The summed E-state index contributed by atoms with van der Waals surface area (Å²) in [5.74, 6) is 2.58. The fraction of sp³-hybridized carbons (Fsp3) is 0.207. The lowest BCUT2D eigenvalue weighted by atomic mass is 9.90. The molecule has 2 aromatic heterocycles. The first-order valence-corrected chi connectivity index (χ1v) is 13.3. The van der Waals surface area contributed by atoms with Gasteiger partial charge in [-0.2, -0.15) is 8.42 Å². The summed E-state index contributed by atoms with van der Waals surface area (Å²) in [5, 5.41) is 2.10. The Bertz CT molecular complexity index is 1960. The SMILES string of the molecule is C#Cc1ccc2c(c1)[nH]c1c2c(=O)c2cc(C(C)C)c(-c3cccc(OS(=O)(=O)F)c3)cc2n1C1CC1. The molecule has 3 aromatic carbocycles. The van der Waals surface area contributed by atoms with Crippen molar-refractivity contribution in [3.8, 4) is 29.2 Å². The Morgan fingerprint density at radius 3 is 2.57 bits per heavy atom. The van der Waals surface area contributed by atoms with E-state index in [0.717, 1.165) is 51.6 Å². The zero-order valence-corrected chi connectivity index (χ0v) is 21.0. The van der Waals surface area contributed by atoms with Crippen LogP contribution in [0.5, 0.6) is 5.75 Å². The van der Waals surface area contributed by atoms with Crippen LogP contribution in [0, 0.1) is 12.3 Å². The largest absolute Gasteiger partial charge is 0.488 e. The van der Waals surface area contributed by atoms with Gasteiger partial charge in [0.25, 0.3) is 0 Å². The van der Waals surface area contributed by atoms with E-state index in [1.54, 1.807) is 6.07 Å². The zero-order chi connectivity index (χ0) is 26.1. The maximum absolute atomic E-state index is 13.9. The van der Waals surface area contributed by atoms with Crippen LogP contribution >= 0.6 is 0 Å². The molecule has 0 saturated heterocycles. The molecule has 2 heterocycles. The number of hydrogen-bond donors (Lipinski definition) is 1. The first-order chi connectivity index (χ1) is 17.6. The van der Waals surface area contributed by atoms with Gasteiger partial charge in [-0.25, -0.2) is 0 Å². The lowest BCUT2D eigenvalue weighted by molar-refractivity contribution is 0.440. The third-order valence-corrected chi connectivity index (χ3v) is 7.35. The van der Waals surface area contributed by atoms with E-state index in [-0.39, 0.29) is 23.1 Å². The summed E-state index contributed by atoms with van der Waals surface area (Å²) < 4.78 is 42.0. The van der Waals surface area contributed by atoms with Crippen LogP contribution in [0.3, 0.4) is 0 Å². The number of terminal acetylenes is 1. The number of H-pyrrole nitrogens is 1. The van der Waals surface area contributed by atoms with E-state index in [1.165, 1.54) is 12.1 Å². The number of aromatic amines is 1. The number of hydrogen-bond acceptors (Lipinski definition) is 4. The van der Waals surface area contributed by atoms with Crippen molar-refractivity contribution in [2.75, 3.05) is 0 Å². The summed E-state index contributed by atoms with van der Waals surface area (Å²) in [4.78, 5) is 17.4. The first kappa shape index (κ1) is 23.3. The minimum Gasteiger partial charge on any atom is -0.358 e. The Balaban J connectivity index is 1.70. The maximum atomic E-state index is 13.9. The van der Waals surface area contributed by atoms with E-state index in [1.807, 2.05) is 50.2 Å². The fourth-order valence-corrected chi connectivity index (χ4v) is 5.53. The molecule has 1 aliphatic carbocycles. The third-order valence-electron chi connectivity index (χ3n) is 6.96. The van der Waals surface area contributed by atoms with E-state index < -0.39 is 10.5 Å². The molecule has 5 aromatic rings. The molecular formula is C29H23FN2O4S. The number of fused-ring (bicyclic) bond motifs is 4. The number of rotatable bonds is 5. The predicted molar refractivity (Wildman–Crippen MR) is 144 cm³/mol. The van der Waals surface area contributed by atoms with Gasteiger partial charge in [-0.1, -0.05) is 41.9 Å². The van der Waals surface area contributed by atoms with Gasteiger partial charge in [0, 0.05) is 27.9 Å². The molecule has 1 saturated carbocycles. The minimum atomic E-state index is -5.16. The van der Waals surface area contributed by atoms with E-state index in [2.05, 4.69) is 19.7 Å². The lowest BCUT2D eigenvalue weighted by Crippen LogP contribution is -2.11. The van der Waals surface area contributed by atoms with Crippen molar-refractivity contribution in [2.45, 2.75) is 38.6 Å². The molecule has 37 heavy (non-hydrogen) atoms. The van der Waals surface area contributed by atoms with Crippen molar-refractivity contribution in [3.05, 3.63) is 75.9 Å². The van der Waals surface area contributed by atoms with Crippen molar-refractivity contribution in [2.24, 2.45) is 0 Å². The molecule has 0 amide bonds. The van der Waals surface area contributed by atoms with Crippen LogP contribution in [0.4, 0.5) is 3.89 Å². The smallest absolute Gasteiger partial charge is 0.358 e. The molecule has 1 N–H and O–H groups in total. The van der Waals surface area contributed by atoms with Crippen LogP contribution in [0.15, 0.2) is 59.4 Å². The number of pyridine rings is 1. The third kappa shape index (κ3) is 3.96. The topological polar surface area (TPSA) is 81.2 Å². The van der Waals surface area contributed by atoms with Gasteiger partial charge in [0.05, 0.1) is 10.9 Å². The summed E-state index contributed by atoms with van der Waals surface area (Å²) in [5.41, 5.74) is 5.43. The van der Waals surface area contributed by atoms with Crippen LogP contribution in [-0.2, 0) is 10.5 Å². The van der Waals surface area contributed by atoms with E-state index in [9.17, 15) is 17.1 Å².